The first kappa shape index (κ1) is 19.3. The first-order chi connectivity index (χ1) is 9.93. The highest BCUT2D eigenvalue weighted by Gasteiger charge is 2.39. The summed E-state index contributed by atoms with van der Waals surface area (Å²) in [5, 5.41) is 3.38. The zero-order chi connectivity index (χ0) is 17.1. The molecule has 22 heavy (non-hydrogen) atoms. The van der Waals surface area contributed by atoms with Crippen LogP contribution in [0.3, 0.4) is 0 Å². The van der Waals surface area contributed by atoms with E-state index in [2.05, 4.69) is 53.0 Å². The molecule has 1 N–H and O–H groups in total. The van der Waals surface area contributed by atoms with Crippen molar-refractivity contribution in [3.05, 3.63) is 35.4 Å². The molecule has 1 aromatic carbocycles. The molecule has 2 nitrogen and oxygen atoms in total. The van der Waals surface area contributed by atoms with Crippen LogP contribution in [0.4, 0.5) is 8.78 Å². The van der Waals surface area contributed by atoms with Crippen LogP contribution in [0, 0.1) is 17.0 Å². The van der Waals surface area contributed by atoms with E-state index < -0.39 is 20.7 Å². The minimum absolute atomic E-state index is 0.00704. The van der Waals surface area contributed by atoms with Gasteiger partial charge in [-0.3, -0.25) is 0 Å². The molecule has 0 fully saturated rings. The van der Waals surface area contributed by atoms with Gasteiger partial charge in [0.05, 0.1) is 6.10 Å². The van der Waals surface area contributed by atoms with Gasteiger partial charge in [0.25, 0.3) is 0 Å². The van der Waals surface area contributed by atoms with Crippen LogP contribution in [0.15, 0.2) is 18.2 Å². The standard InChI is InChI=1S/C17H28F2NOSi/c1-16(2,3)15(21-22(6)7)17(4,5)20-11-12-8-9-13(18)10-14(12)19/h8-10,15,20H,11H2,1-7H3. The Morgan fingerprint density at radius 3 is 2.18 bits per heavy atom. The molecule has 0 saturated heterocycles. The molecule has 125 valence electrons. The van der Waals surface area contributed by atoms with Crippen LogP contribution in [-0.4, -0.2) is 20.7 Å². The second-order valence-electron chi connectivity index (χ2n) is 7.58. The predicted octanol–water partition coefficient (Wildman–Crippen LogP) is 4.52. The van der Waals surface area contributed by atoms with Gasteiger partial charge in [0.15, 0.2) is 0 Å². The Labute approximate surface area is 135 Å². The van der Waals surface area contributed by atoms with Gasteiger partial charge in [0.2, 0.25) is 9.04 Å². The molecule has 1 unspecified atom stereocenters. The van der Waals surface area contributed by atoms with Crippen LogP contribution in [0.5, 0.6) is 0 Å². The van der Waals surface area contributed by atoms with E-state index in [0.29, 0.717) is 12.1 Å². The van der Waals surface area contributed by atoms with E-state index in [1.807, 2.05) is 0 Å². The summed E-state index contributed by atoms with van der Waals surface area (Å²) in [4.78, 5) is 0. The van der Waals surface area contributed by atoms with E-state index in [1.165, 1.54) is 12.1 Å². The third kappa shape index (κ3) is 5.45. The number of benzene rings is 1. The number of nitrogens with one attached hydrogen (secondary N) is 1. The molecule has 0 aliphatic heterocycles. The van der Waals surface area contributed by atoms with Crippen molar-refractivity contribution in [1.29, 1.82) is 0 Å². The molecule has 0 aliphatic carbocycles. The topological polar surface area (TPSA) is 21.3 Å². The van der Waals surface area contributed by atoms with Crippen molar-refractivity contribution in [3.63, 3.8) is 0 Å². The largest absolute Gasteiger partial charge is 0.412 e. The third-order valence-corrected chi connectivity index (χ3v) is 4.25. The molecule has 0 spiro atoms. The number of halogens is 2. The smallest absolute Gasteiger partial charge is 0.205 e. The minimum atomic E-state index is -0.857. The molecule has 1 atom stereocenters. The predicted molar refractivity (Wildman–Crippen MR) is 89.1 cm³/mol. The fraction of sp³-hybridized carbons (Fsp3) is 0.647. The average Bonchev–Trinajstić information content (AvgIpc) is 2.33. The lowest BCUT2D eigenvalue weighted by Gasteiger charge is -2.44. The fourth-order valence-electron chi connectivity index (χ4n) is 2.72. The van der Waals surface area contributed by atoms with Crippen LogP contribution in [0.1, 0.15) is 40.2 Å². The highest BCUT2D eigenvalue weighted by molar-refractivity contribution is 6.48. The van der Waals surface area contributed by atoms with Crippen molar-refractivity contribution < 1.29 is 13.2 Å². The Morgan fingerprint density at radius 1 is 1.14 bits per heavy atom. The molecule has 0 saturated carbocycles. The lowest BCUT2D eigenvalue weighted by Crippen LogP contribution is -2.56. The van der Waals surface area contributed by atoms with Crippen molar-refractivity contribution >= 4 is 9.04 Å². The lowest BCUT2D eigenvalue weighted by atomic mass is 9.78. The third-order valence-electron chi connectivity index (χ3n) is 3.55. The molecular weight excluding hydrogens is 300 g/mol. The molecule has 1 rings (SSSR count). The highest BCUT2D eigenvalue weighted by atomic mass is 28.3. The molecular formula is C17H28F2NOSi. The van der Waals surface area contributed by atoms with E-state index in [4.69, 9.17) is 4.43 Å². The van der Waals surface area contributed by atoms with Crippen molar-refractivity contribution in [1.82, 2.24) is 5.32 Å². The van der Waals surface area contributed by atoms with Gasteiger partial charge in [0, 0.05) is 23.7 Å². The Kier molecular flexibility index (Phi) is 6.30. The number of hydrogen-bond acceptors (Lipinski definition) is 2. The van der Waals surface area contributed by atoms with Crippen molar-refractivity contribution in [2.45, 2.75) is 65.9 Å². The number of hydrogen-bond donors (Lipinski definition) is 1. The van der Waals surface area contributed by atoms with E-state index in [-0.39, 0.29) is 17.1 Å². The van der Waals surface area contributed by atoms with E-state index in [9.17, 15) is 8.78 Å². The SMILES string of the molecule is C[Si](C)OC(C(C)(C)C)C(C)(C)NCc1ccc(F)cc1F. The summed E-state index contributed by atoms with van der Waals surface area (Å²) in [5.74, 6) is -1.08. The van der Waals surface area contributed by atoms with Gasteiger partial charge >= 0.3 is 0 Å². The fourth-order valence-corrected chi connectivity index (χ4v) is 3.84. The first-order valence-corrected chi connectivity index (χ1v) is 10.00. The molecule has 0 aliphatic rings. The maximum atomic E-state index is 13.8. The zero-order valence-electron chi connectivity index (χ0n) is 14.7. The summed E-state index contributed by atoms with van der Waals surface area (Å²) in [6.45, 7) is 15.1. The molecule has 1 aromatic rings. The van der Waals surface area contributed by atoms with Gasteiger partial charge in [-0.25, -0.2) is 8.78 Å². The van der Waals surface area contributed by atoms with Crippen LogP contribution in [-0.2, 0) is 11.0 Å². The van der Waals surface area contributed by atoms with Crippen LogP contribution in [0.25, 0.3) is 0 Å². The monoisotopic (exact) mass is 328 g/mol. The summed E-state index contributed by atoms with van der Waals surface area (Å²) in [6.07, 6.45) is -0.00704. The molecule has 0 bridgehead atoms. The summed E-state index contributed by atoms with van der Waals surface area (Å²) < 4.78 is 32.9. The van der Waals surface area contributed by atoms with Gasteiger partial charge < -0.3 is 9.74 Å². The zero-order valence-corrected chi connectivity index (χ0v) is 15.7. The molecule has 0 amide bonds. The van der Waals surface area contributed by atoms with Gasteiger partial charge in [-0.15, -0.1) is 0 Å². The van der Waals surface area contributed by atoms with Crippen LogP contribution >= 0.6 is 0 Å². The Hall–Kier alpha value is -0.783. The summed E-state index contributed by atoms with van der Waals surface area (Å²) in [7, 11) is -0.857. The van der Waals surface area contributed by atoms with E-state index in [1.54, 1.807) is 0 Å². The summed E-state index contributed by atoms with van der Waals surface area (Å²) >= 11 is 0. The van der Waals surface area contributed by atoms with Crippen molar-refractivity contribution in [3.8, 4) is 0 Å². The second-order valence-corrected chi connectivity index (χ2v) is 9.64. The summed E-state index contributed by atoms with van der Waals surface area (Å²) in [5.41, 5.74) is 0.0847. The lowest BCUT2D eigenvalue weighted by molar-refractivity contribution is 0.0125. The maximum absolute atomic E-state index is 13.8. The average molecular weight is 328 g/mol. The Balaban J connectivity index is 2.87. The summed E-state index contributed by atoms with van der Waals surface area (Å²) in [6, 6.07) is 3.68. The first-order valence-electron chi connectivity index (χ1n) is 7.59. The van der Waals surface area contributed by atoms with Gasteiger partial charge in [-0.1, -0.05) is 26.8 Å². The van der Waals surface area contributed by atoms with Gasteiger partial charge in [-0.2, -0.15) is 0 Å². The maximum Gasteiger partial charge on any atom is 0.205 e. The molecule has 5 heteroatoms. The van der Waals surface area contributed by atoms with Crippen molar-refractivity contribution in [2.24, 2.45) is 5.41 Å². The number of rotatable bonds is 6. The quantitative estimate of drug-likeness (QED) is 0.776. The second kappa shape index (κ2) is 7.19. The Bertz CT molecular complexity index is 498. The minimum Gasteiger partial charge on any atom is -0.412 e. The van der Waals surface area contributed by atoms with Gasteiger partial charge in [-0.05, 0) is 38.4 Å². The van der Waals surface area contributed by atoms with E-state index in [0.717, 1.165) is 6.07 Å². The Morgan fingerprint density at radius 2 is 1.73 bits per heavy atom. The van der Waals surface area contributed by atoms with Gasteiger partial charge in [0.1, 0.15) is 11.6 Å². The molecule has 0 heterocycles. The van der Waals surface area contributed by atoms with Crippen LogP contribution < -0.4 is 5.32 Å². The van der Waals surface area contributed by atoms with E-state index >= 15 is 0 Å². The molecule has 0 aromatic heterocycles. The molecule has 1 radical (unpaired) electrons. The van der Waals surface area contributed by atoms with Crippen LogP contribution in [0.2, 0.25) is 13.1 Å². The van der Waals surface area contributed by atoms with Crippen molar-refractivity contribution in [2.75, 3.05) is 0 Å². The normalized spacial score (nSPS) is 14.5. The highest BCUT2D eigenvalue weighted by Crippen LogP contribution is 2.31.